The quantitative estimate of drug-likeness (QED) is 0.611. The van der Waals surface area contributed by atoms with Gasteiger partial charge in [-0.05, 0) is 61.1 Å². The van der Waals surface area contributed by atoms with E-state index in [-0.39, 0.29) is 11.9 Å². The maximum atomic E-state index is 12.9. The molecule has 3 amide bonds. The number of aryl methyl sites for hydroxylation is 1. The third-order valence-corrected chi connectivity index (χ3v) is 5.21. The monoisotopic (exact) mass is 408 g/mol. The summed E-state index contributed by atoms with van der Waals surface area (Å²) in [6.45, 7) is 8.73. The van der Waals surface area contributed by atoms with Crippen LogP contribution in [0, 0.1) is 5.92 Å². The number of hydrogen-bond acceptors (Lipinski definition) is 3. The van der Waals surface area contributed by atoms with Crippen molar-refractivity contribution in [3.05, 3.63) is 53.6 Å². The lowest BCUT2D eigenvalue weighted by Crippen LogP contribution is -2.30. The predicted molar refractivity (Wildman–Crippen MR) is 124 cm³/mol. The lowest BCUT2D eigenvalue weighted by Gasteiger charge is -2.22. The fraction of sp³-hybridized carbons (Fsp3) is 0.417. The van der Waals surface area contributed by atoms with Crippen molar-refractivity contribution in [2.75, 3.05) is 35.2 Å². The molecule has 6 nitrogen and oxygen atoms in total. The van der Waals surface area contributed by atoms with E-state index in [0.29, 0.717) is 23.7 Å². The molecular weight excluding hydrogens is 376 g/mol. The Bertz CT molecular complexity index is 889. The Morgan fingerprint density at radius 1 is 1.00 bits per heavy atom. The van der Waals surface area contributed by atoms with E-state index >= 15 is 0 Å². The Labute approximate surface area is 179 Å². The van der Waals surface area contributed by atoms with Crippen molar-refractivity contribution in [1.29, 1.82) is 0 Å². The molecule has 1 aliphatic rings. The molecule has 0 aliphatic carbocycles. The fourth-order valence-electron chi connectivity index (χ4n) is 3.58. The van der Waals surface area contributed by atoms with Crippen LogP contribution in [0.4, 0.5) is 21.9 Å². The maximum Gasteiger partial charge on any atom is 0.323 e. The van der Waals surface area contributed by atoms with Crippen LogP contribution in [0.15, 0.2) is 42.5 Å². The second kappa shape index (κ2) is 10.1. The third kappa shape index (κ3) is 5.75. The van der Waals surface area contributed by atoms with Crippen molar-refractivity contribution in [2.45, 2.75) is 40.0 Å². The number of benzene rings is 2. The molecule has 0 aromatic heterocycles. The van der Waals surface area contributed by atoms with Gasteiger partial charge < -0.3 is 20.9 Å². The van der Waals surface area contributed by atoms with E-state index in [1.807, 2.05) is 36.4 Å². The lowest BCUT2D eigenvalue weighted by atomic mass is 10.1. The van der Waals surface area contributed by atoms with Crippen LogP contribution < -0.4 is 20.9 Å². The highest BCUT2D eigenvalue weighted by atomic mass is 16.2. The Morgan fingerprint density at radius 2 is 1.70 bits per heavy atom. The van der Waals surface area contributed by atoms with E-state index in [1.165, 1.54) is 0 Å². The Hall–Kier alpha value is -3.02. The molecule has 0 spiro atoms. The predicted octanol–water partition coefficient (Wildman–Crippen LogP) is 4.88. The highest BCUT2D eigenvalue weighted by Gasteiger charge is 2.20. The first kappa shape index (κ1) is 21.7. The van der Waals surface area contributed by atoms with Crippen molar-refractivity contribution < 1.29 is 9.59 Å². The van der Waals surface area contributed by atoms with Crippen molar-refractivity contribution in [2.24, 2.45) is 5.92 Å². The fourth-order valence-corrected chi connectivity index (χ4v) is 3.58. The number of rotatable bonds is 7. The number of nitrogens with one attached hydrogen (secondary N) is 3. The zero-order chi connectivity index (χ0) is 21.5. The van der Waals surface area contributed by atoms with Gasteiger partial charge in [-0.1, -0.05) is 32.9 Å². The molecule has 2 aromatic carbocycles. The van der Waals surface area contributed by atoms with Crippen molar-refractivity contribution in [1.82, 2.24) is 5.32 Å². The molecule has 6 heteroatoms. The lowest BCUT2D eigenvalue weighted by molar-refractivity contribution is 0.0949. The van der Waals surface area contributed by atoms with Gasteiger partial charge in [0, 0.05) is 36.7 Å². The van der Waals surface area contributed by atoms with Gasteiger partial charge in [-0.15, -0.1) is 0 Å². The number of hydrogen-bond donors (Lipinski definition) is 3. The van der Waals surface area contributed by atoms with Crippen LogP contribution >= 0.6 is 0 Å². The number of amides is 3. The second-order valence-corrected chi connectivity index (χ2v) is 8.16. The van der Waals surface area contributed by atoms with Crippen molar-refractivity contribution >= 4 is 29.0 Å². The first-order chi connectivity index (χ1) is 14.5. The van der Waals surface area contributed by atoms with Crippen LogP contribution in [0.25, 0.3) is 0 Å². The molecule has 160 valence electrons. The first-order valence-corrected chi connectivity index (χ1v) is 10.8. The van der Waals surface area contributed by atoms with Crippen LogP contribution in [0.2, 0.25) is 0 Å². The largest absolute Gasteiger partial charge is 0.371 e. The molecule has 0 radical (unpaired) electrons. The second-order valence-electron chi connectivity index (χ2n) is 8.16. The number of nitrogens with zero attached hydrogens (tertiary/aromatic N) is 1. The van der Waals surface area contributed by atoms with E-state index in [1.54, 1.807) is 6.07 Å². The Morgan fingerprint density at radius 3 is 2.37 bits per heavy atom. The van der Waals surface area contributed by atoms with Crippen molar-refractivity contribution in [3.63, 3.8) is 0 Å². The molecule has 0 bridgehead atoms. The summed E-state index contributed by atoms with van der Waals surface area (Å²) in [7, 11) is 0. The van der Waals surface area contributed by atoms with E-state index in [4.69, 9.17) is 0 Å². The molecule has 2 aromatic rings. The topological polar surface area (TPSA) is 73.5 Å². The Balaban J connectivity index is 1.76. The zero-order valence-corrected chi connectivity index (χ0v) is 18.1. The van der Waals surface area contributed by atoms with Gasteiger partial charge in [0.05, 0.1) is 5.56 Å². The summed E-state index contributed by atoms with van der Waals surface area (Å²) >= 11 is 0. The van der Waals surface area contributed by atoms with E-state index in [2.05, 4.69) is 41.6 Å². The SMILES string of the molecule is CCc1cccc(NC(=O)Nc2ccc(N3CCCC3)c(C(=O)NCC(C)C)c2)c1. The molecule has 1 heterocycles. The first-order valence-electron chi connectivity index (χ1n) is 10.8. The van der Waals surface area contributed by atoms with Crippen molar-refractivity contribution in [3.8, 4) is 0 Å². The molecular formula is C24H32N4O2. The van der Waals surface area contributed by atoms with Crippen LogP contribution in [0.1, 0.15) is 49.5 Å². The van der Waals surface area contributed by atoms with Gasteiger partial charge in [0.2, 0.25) is 0 Å². The summed E-state index contributed by atoms with van der Waals surface area (Å²) in [6, 6.07) is 13.0. The third-order valence-electron chi connectivity index (χ3n) is 5.21. The summed E-state index contributed by atoms with van der Waals surface area (Å²) in [5.74, 6) is 0.264. The highest BCUT2D eigenvalue weighted by Crippen LogP contribution is 2.28. The average Bonchev–Trinajstić information content (AvgIpc) is 3.26. The standard InChI is InChI=1S/C24H32N4O2/c1-4-18-8-7-9-19(14-18)26-24(30)27-20-10-11-22(28-12-5-6-13-28)21(15-20)23(29)25-16-17(2)3/h7-11,14-15,17H,4-6,12-13,16H2,1-3H3,(H,25,29)(H2,26,27,30). The van der Waals surface area contributed by atoms with E-state index in [9.17, 15) is 9.59 Å². The molecule has 30 heavy (non-hydrogen) atoms. The van der Waals surface area contributed by atoms with Crippen LogP contribution in [-0.2, 0) is 6.42 Å². The molecule has 3 N–H and O–H groups in total. The van der Waals surface area contributed by atoms with Crippen LogP contribution in [0.5, 0.6) is 0 Å². The normalized spacial score (nSPS) is 13.4. The minimum absolute atomic E-state index is 0.106. The van der Waals surface area contributed by atoms with Gasteiger partial charge >= 0.3 is 6.03 Å². The summed E-state index contributed by atoms with van der Waals surface area (Å²) in [5.41, 5.74) is 4.03. The molecule has 1 fully saturated rings. The number of urea groups is 1. The molecule has 0 unspecified atom stereocenters. The summed E-state index contributed by atoms with van der Waals surface area (Å²) in [6.07, 6.45) is 3.17. The molecule has 0 saturated carbocycles. The van der Waals surface area contributed by atoms with Crippen LogP contribution in [0.3, 0.4) is 0 Å². The smallest absolute Gasteiger partial charge is 0.323 e. The molecule has 1 aliphatic heterocycles. The molecule has 1 saturated heterocycles. The van der Waals surface area contributed by atoms with Gasteiger partial charge in [-0.25, -0.2) is 4.79 Å². The minimum atomic E-state index is -0.328. The van der Waals surface area contributed by atoms with Gasteiger partial charge in [0.1, 0.15) is 0 Å². The summed E-state index contributed by atoms with van der Waals surface area (Å²) in [5, 5.41) is 8.72. The Kier molecular flexibility index (Phi) is 7.33. The minimum Gasteiger partial charge on any atom is -0.371 e. The van der Waals surface area contributed by atoms with Crippen LogP contribution in [-0.4, -0.2) is 31.6 Å². The highest BCUT2D eigenvalue weighted by molar-refractivity contribution is 6.04. The maximum absolute atomic E-state index is 12.9. The number of anilines is 3. The average molecular weight is 409 g/mol. The number of carbonyl (C=O) groups excluding carboxylic acids is 2. The van der Waals surface area contributed by atoms with Gasteiger partial charge in [0.25, 0.3) is 5.91 Å². The van der Waals surface area contributed by atoms with Gasteiger partial charge in [0.15, 0.2) is 0 Å². The summed E-state index contributed by atoms with van der Waals surface area (Å²) < 4.78 is 0. The van der Waals surface area contributed by atoms with E-state index < -0.39 is 0 Å². The molecule has 3 rings (SSSR count). The number of carbonyl (C=O) groups is 2. The summed E-state index contributed by atoms with van der Waals surface area (Å²) in [4.78, 5) is 27.6. The van der Waals surface area contributed by atoms with Gasteiger partial charge in [-0.2, -0.15) is 0 Å². The van der Waals surface area contributed by atoms with Gasteiger partial charge in [-0.3, -0.25) is 4.79 Å². The van der Waals surface area contributed by atoms with E-state index in [0.717, 1.165) is 49.3 Å². The zero-order valence-electron chi connectivity index (χ0n) is 18.1. The molecule has 0 atom stereocenters.